The summed E-state index contributed by atoms with van der Waals surface area (Å²) in [6.07, 6.45) is 5.63. The molecule has 1 aromatic rings. The van der Waals surface area contributed by atoms with Crippen molar-refractivity contribution in [2.45, 2.75) is 71.4 Å². The highest BCUT2D eigenvalue weighted by molar-refractivity contribution is 5.22. The average Bonchev–Trinajstić information content (AvgIpc) is 3.09. The fourth-order valence-electron chi connectivity index (χ4n) is 4.64. The van der Waals surface area contributed by atoms with Gasteiger partial charge < -0.3 is 20.2 Å². The van der Waals surface area contributed by atoms with Crippen molar-refractivity contribution in [3.8, 4) is 0 Å². The van der Waals surface area contributed by atoms with Crippen LogP contribution >= 0.6 is 0 Å². The third-order valence-electron chi connectivity index (χ3n) is 6.96. The Morgan fingerprint density at radius 1 is 0.969 bits per heavy atom. The summed E-state index contributed by atoms with van der Waals surface area (Å²) < 4.78 is 0. The van der Waals surface area contributed by atoms with Crippen LogP contribution in [0.15, 0.2) is 30.3 Å². The summed E-state index contributed by atoms with van der Waals surface area (Å²) in [5.74, 6) is 0. The molecule has 2 saturated heterocycles. The average molecular weight is 449 g/mol. The zero-order valence-electron chi connectivity index (χ0n) is 21.9. The van der Waals surface area contributed by atoms with E-state index in [4.69, 9.17) is 0 Å². The molecule has 1 atom stereocenters. The molecule has 1 unspecified atom stereocenters. The van der Waals surface area contributed by atoms with E-state index in [1.54, 1.807) is 0 Å². The molecule has 3 rings (SSSR count). The lowest BCUT2D eigenvalue weighted by molar-refractivity contribution is 0.0242. The molecule has 186 valence electrons. The normalized spacial score (nSPS) is 20.8. The topological polar surface area (TPSA) is 42.0 Å². The maximum Gasteiger partial charge on any atom is 0.0906 e. The number of likely N-dealkylation sites (tertiary alicyclic amines) is 1. The van der Waals surface area contributed by atoms with Gasteiger partial charge in [-0.05, 0) is 91.0 Å². The molecular formula is C27H52N4O. The molecule has 2 N–H and O–H groups in total. The standard InChI is InChI=1S/C13H27N3.C12H19NO.C2H6/c1-3-15-9-5-13(6-10-15)16-8-4-7-14(2)11-12-16;1-3-12(14,9-10-13-2)11-7-5-4-6-8-11;1-2/h13H,3-12H2,1-2H3;4-8,13-14H,3,9-10H2,1-2H3;1-2H3. The Kier molecular flexibility index (Phi) is 15.1. The summed E-state index contributed by atoms with van der Waals surface area (Å²) in [6, 6.07) is 10.7. The van der Waals surface area contributed by atoms with Crippen LogP contribution in [0, 0.1) is 0 Å². The Morgan fingerprint density at radius 3 is 2.19 bits per heavy atom. The molecule has 0 spiro atoms. The first-order valence-electron chi connectivity index (χ1n) is 13.1. The van der Waals surface area contributed by atoms with Gasteiger partial charge in [0.25, 0.3) is 0 Å². The smallest absolute Gasteiger partial charge is 0.0906 e. The van der Waals surface area contributed by atoms with E-state index in [2.05, 4.69) is 34.0 Å². The van der Waals surface area contributed by atoms with Crippen molar-refractivity contribution in [1.29, 1.82) is 0 Å². The van der Waals surface area contributed by atoms with Gasteiger partial charge >= 0.3 is 0 Å². The van der Waals surface area contributed by atoms with Crippen LogP contribution in [0.5, 0.6) is 0 Å². The predicted octanol–water partition coefficient (Wildman–Crippen LogP) is 4.03. The maximum absolute atomic E-state index is 10.4. The van der Waals surface area contributed by atoms with E-state index in [9.17, 15) is 5.11 Å². The van der Waals surface area contributed by atoms with E-state index in [0.717, 1.165) is 31.0 Å². The first-order valence-corrected chi connectivity index (χ1v) is 13.1. The number of rotatable bonds is 7. The van der Waals surface area contributed by atoms with Crippen LogP contribution in [0.1, 0.15) is 65.4 Å². The number of piperidine rings is 1. The van der Waals surface area contributed by atoms with Gasteiger partial charge in [-0.1, -0.05) is 58.0 Å². The van der Waals surface area contributed by atoms with Crippen LogP contribution in [0.2, 0.25) is 0 Å². The van der Waals surface area contributed by atoms with Crippen LogP contribution in [0.25, 0.3) is 0 Å². The van der Waals surface area contributed by atoms with Gasteiger partial charge in [-0.2, -0.15) is 0 Å². The predicted molar refractivity (Wildman–Crippen MR) is 139 cm³/mol. The summed E-state index contributed by atoms with van der Waals surface area (Å²) in [5.41, 5.74) is 0.335. The second-order valence-electron chi connectivity index (χ2n) is 8.96. The quantitative estimate of drug-likeness (QED) is 0.659. The summed E-state index contributed by atoms with van der Waals surface area (Å²) >= 11 is 0. The van der Waals surface area contributed by atoms with Crippen molar-refractivity contribution >= 4 is 0 Å². The molecule has 0 bridgehead atoms. The fraction of sp³-hybridized carbons (Fsp3) is 0.778. The molecule has 5 nitrogen and oxygen atoms in total. The molecule has 2 heterocycles. The van der Waals surface area contributed by atoms with E-state index in [1.807, 2.05) is 58.2 Å². The second kappa shape index (κ2) is 16.6. The highest BCUT2D eigenvalue weighted by Crippen LogP contribution is 2.27. The van der Waals surface area contributed by atoms with Crippen molar-refractivity contribution in [3.63, 3.8) is 0 Å². The van der Waals surface area contributed by atoms with Crippen LogP contribution in [-0.4, -0.2) is 92.3 Å². The van der Waals surface area contributed by atoms with E-state index in [-0.39, 0.29) is 0 Å². The van der Waals surface area contributed by atoms with Crippen LogP contribution < -0.4 is 5.32 Å². The zero-order valence-corrected chi connectivity index (χ0v) is 21.9. The SMILES string of the molecule is CC.CCC(O)(CCNC)c1ccccc1.CCN1CCC(N2CCCN(C)CC2)CC1. The van der Waals surface area contributed by atoms with Gasteiger partial charge in [-0.25, -0.2) is 0 Å². The van der Waals surface area contributed by atoms with Crippen molar-refractivity contribution in [2.24, 2.45) is 0 Å². The number of benzene rings is 1. The molecule has 2 aliphatic heterocycles. The van der Waals surface area contributed by atoms with Gasteiger partial charge in [0.1, 0.15) is 0 Å². The Hall–Kier alpha value is -0.980. The molecule has 2 aliphatic rings. The lowest BCUT2D eigenvalue weighted by Crippen LogP contribution is -2.45. The Bertz CT molecular complexity index is 562. The summed E-state index contributed by atoms with van der Waals surface area (Å²) in [7, 11) is 4.16. The number of hydrogen-bond donors (Lipinski definition) is 2. The third kappa shape index (κ3) is 9.88. The zero-order chi connectivity index (χ0) is 23.8. The van der Waals surface area contributed by atoms with Crippen molar-refractivity contribution in [3.05, 3.63) is 35.9 Å². The van der Waals surface area contributed by atoms with Gasteiger partial charge in [0.2, 0.25) is 0 Å². The minimum atomic E-state index is -0.676. The number of nitrogens with zero attached hydrogens (tertiary/aromatic N) is 3. The monoisotopic (exact) mass is 448 g/mol. The Balaban J connectivity index is 0.000000300. The van der Waals surface area contributed by atoms with Gasteiger partial charge in [-0.15, -0.1) is 0 Å². The highest BCUT2D eigenvalue weighted by atomic mass is 16.3. The first-order chi connectivity index (χ1) is 15.5. The third-order valence-corrected chi connectivity index (χ3v) is 6.96. The molecule has 0 aromatic heterocycles. The van der Waals surface area contributed by atoms with Crippen molar-refractivity contribution < 1.29 is 5.11 Å². The largest absolute Gasteiger partial charge is 0.385 e. The lowest BCUT2D eigenvalue weighted by atomic mass is 9.88. The second-order valence-corrected chi connectivity index (χ2v) is 8.96. The summed E-state index contributed by atoms with van der Waals surface area (Å²) in [4.78, 5) is 7.80. The number of aliphatic hydroxyl groups is 1. The lowest BCUT2D eigenvalue weighted by Gasteiger charge is -2.37. The highest BCUT2D eigenvalue weighted by Gasteiger charge is 2.26. The van der Waals surface area contributed by atoms with Gasteiger partial charge in [0, 0.05) is 19.1 Å². The molecule has 0 saturated carbocycles. The van der Waals surface area contributed by atoms with Gasteiger partial charge in [-0.3, -0.25) is 4.90 Å². The van der Waals surface area contributed by atoms with E-state index < -0.39 is 5.60 Å². The molecule has 5 heteroatoms. The summed E-state index contributed by atoms with van der Waals surface area (Å²) in [6.45, 7) is 18.1. The number of likely N-dealkylation sites (N-methyl/N-ethyl adjacent to an activating group) is 1. The molecule has 0 radical (unpaired) electrons. The Labute approximate surface area is 199 Å². The van der Waals surface area contributed by atoms with E-state index in [0.29, 0.717) is 0 Å². The van der Waals surface area contributed by atoms with Crippen LogP contribution in [0.3, 0.4) is 0 Å². The van der Waals surface area contributed by atoms with E-state index >= 15 is 0 Å². The molecule has 2 fully saturated rings. The van der Waals surface area contributed by atoms with Gasteiger partial charge in [0.05, 0.1) is 5.60 Å². The van der Waals surface area contributed by atoms with Crippen LogP contribution in [-0.2, 0) is 5.60 Å². The minimum absolute atomic E-state index is 0.676. The molecule has 1 aromatic carbocycles. The molecule has 32 heavy (non-hydrogen) atoms. The maximum atomic E-state index is 10.4. The summed E-state index contributed by atoms with van der Waals surface area (Å²) in [5, 5.41) is 13.4. The van der Waals surface area contributed by atoms with Gasteiger partial charge in [0.15, 0.2) is 0 Å². The first kappa shape index (κ1) is 29.1. The van der Waals surface area contributed by atoms with Crippen LogP contribution in [0.4, 0.5) is 0 Å². The molecule has 0 amide bonds. The Morgan fingerprint density at radius 2 is 1.62 bits per heavy atom. The van der Waals surface area contributed by atoms with E-state index in [1.165, 1.54) is 65.1 Å². The number of nitrogens with one attached hydrogen (secondary N) is 1. The molecular weight excluding hydrogens is 396 g/mol. The number of hydrogen-bond acceptors (Lipinski definition) is 5. The molecule has 0 aliphatic carbocycles. The fourth-order valence-corrected chi connectivity index (χ4v) is 4.64. The van der Waals surface area contributed by atoms with Crippen molar-refractivity contribution in [1.82, 2.24) is 20.0 Å². The van der Waals surface area contributed by atoms with Crippen molar-refractivity contribution in [2.75, 3.05) is 66.5 Å². The minimum Gasteiger partial charge on any atom is -0.385 e.